The van der Waals surface area contributed by atoms with Crippen molar-refractivity contribution in [3.05, 3.63) is 42.4 Å². The van der Waals surface area contributed by atoms with Crippen molar-refractivity contribution in [2.75, 3.05) is 0 Å². The van der Waals surface area contributed by atoms with Crippen LogP contribution in [-0.4, -0.2) is 9.91 Å². The molecular weight excluding hydrogens is 363 g/mol. The molecule has 1 aromatic carbocycles. The normalized spacial score (nSPS) is 10.7. The minimum atomic E-state index is -0.552. The minimum Gasteiger partial charge on any atom is -0.258 e. The van der Waals surface area contributed by atoms with Gasteiger partial charge in [0.25, 0.3) is 0 Å². The third kappa shape index (κ3) is 1.92. The Hall–Kier alpha value is -0.720. The van der Waals surface area contributed by atoms with Crippen LogP contribution in [0.4, 0.5) is 5.69 Å². The molecule has 0 saturated carbocycles. The zero-order valence-corrected chi connectivity index (χ0v) is 11.5. The van der Waals surface area contributed by atoms with Crippen LogP contribution >= 0.6 is 43.5 Å². The van der Waals surface area contributed by atoms with Crippen molar-refractivity contribution >= 4 is 60.1 Å². The summed E-state index contributed by atoms with van der Waals surface area (Å²) < 4.78 is 1.49. The number of halogens is 3. The zero-order valence-electron chi connectivity index (χ0n) is 7.58. The number of aromatic nitrogens is 1. The van der Waals surface area contributed by atoms with Gasteiger partial charge in [0, 0.05) is 14.3 Å². The highest BCUT2D eigenvalue weighted by molar-refractivity contribution is 9.11. The van der Waals surface area contributed by atoms with Gasteiger partial charge in [0.2, 0.25) is 0 Å². The number of benzene rings is 1. The van der Waals surface area contributed by atoms with E-state index in [4.69, 9.17) is 11.6 Å². The standard InChI is InChI=1S/C9H3Br2ClN2O2/c10-4-1-5(11)8-6(2-4)13-3-7(9(8)12)14(15)16/h1-3H. The summed E-state index contributed by atoms with van der Waals surface area (Å²) in [5.74, 6) is 0. The summed E-state index contributed by atoms with van der Waals surface area (Å²) >= 11 is 12.6. The van der Waals surface area contributed by atoms with Crippen molar-refractivity contribution in [2.24, 2.45) is 0 Å². The lowest BCUT2D eigenvalue weighted by Crippen LogP contribution is -1.92. The molecular formula is C9H3Br2ClN2O2. The van der Waals surface area contributed by atoms with Gasteiger partial charge in [-0.3, -0.25) is 10.1 Å². The maximum absolute atomic E-state index is 10.7. The van der Waals surface area contributed by atoms with E-state index in [0.717, 1.165) is 10.7 Å². The Bertz CT molecular complexity index is 604. The van der Waals surface area contributed by atoms with Crippen molar-refractivity contribution in [1.29, 1.82) is 0 Å². The molecule has 0 atom stereocenters. The van der Waals surface area contributed by atoms with E-state index >= 15 is 0 Å². The number of fused-ring (bicyclic) bond motifs is 1. The molecule has 4 nitrogen and oxygen atoms in total. The van der Waals surface area contributed by atoms with Crippen molar-refractivity contribution in [1.82, 2.24) is 4.98 Å². The second-order valence-corrected chi connectivity index (χ2v) is 5.14. The van der Waals surface area contributed by atoms with Gasteiger partial charge in [-0.15, -0.1) is 0 Å². The molecule has 2 aromatic rings. The Morgan fingerprint density at radius 3 is 2.69 bits per heavy atom. The van der Waals surface area contributed by atoms with Gasteiger partial charge >= 0.3 is 5.69 Å². The first-order valence-electron chi connectivity index (χ1n) is 4.08. The number of nitro groups is 1. The largest absolute Gasteiger partial charge is 0.306 e. The minimum absolute atomic E-state index is 0.0920. The molecule has 0 spiro atoms. The molecule has 0 aliphatic heterocycles. The Morgan fingerprint density at radius 1 is 1.38 bits per heavy atom. The first-order valence-corrected chi connectivity index (χ1v) is 6.04. The Morgan fingerprint density at radius 2 is 2.06 bits per heavy atom. The van der Waals surface area contributed by atoms with Crippen LogP contribution in [0.25, 0.3) is 10.9 Å². The fourth-order valence-electron chi connectivity index (χ4n) is 1.32. The number of hydrogen-bond donors (Lipinski definition) is 0. The SMILES string of the molecule is O=[N+]([O-])c1cnc2cc(Br)cc(Br)c2c1Cl. The number of pyridine rings is 1. The number of hydrogen-bond acceptors (Lipinski definition) is 3. The van der Waals surface area contributed by atoms with E-state index in [2.05, 4.69) is 36.8 Å². The first kappa shape index (κ1) is 11.8. The molecule has 82 valence electrons. The summed E-state index contributed by atoms with van der Waals surface area (Å²) in [5, 5.41) is 11.3. The highest BCUT2D eigenvalue weighted by Gasteiger charge is 2.18. The molecule has 16 heavy (non-hydrogen) atoms. The topological polar surface area (TPSA) is 56.0 Å². The first-order chi connectivity index (χ1) is 7.50. The quantitative estimate of drug-likeness (QED) is 0.558. The molecule has 0 aliphatic carbocycles. The third-order valence-corrected chi connectivity index (χ3v) is 3.47. The van der Waals surface area contributed by atoms with Gasteiger partial charge in [0.15, 0.2) is 0 Å². The fourth-order valence-corrected chi connectivity index (χ4v) is 3.15. The molecule has 0 saturated heterocycles. The van der Waals surface area contributed by atoms with Crippen molar-refractivity contribution in [3.8, 4) is 0 Å². The van der Waals surface area contributed by atoms with Crippen LogP contribution in [0.1, 0.15) is 0 Å². The van der Waals surface area contributed by atoms with Gasteiger partial charge < -0.3 is 0 Å². The predicted octanol–water partition coefficient (Wildman–Crippen LogP) is 4.32. The maximum Gasteiger partial charge on any atom is 0.306 e. The van der Waals surface area contributed by atoms with Gasteiger partial charge in [-0.05, 0) is 28.1 Å². The van der Waals surface area contributed by atoms with E-state index < -0.39 is 4.92 Å². The van der Waals surface area contributed by atoms with E-state index in [9.17, 15) is 10.1 Å². The summed E-state index contributed by atoms with van der Waals surface area (Å²) in [6.45, 7) is 0. The summed E-state index contributed by atoms with van der Waals surface area (Å²) in [7, 11) is 0. The molecule has 0 N–H and O–H groups in total. The molecule has 7 heteroatoms. The van der Waals surface area contributed by atoms with Crippen molar-refractivity contribution in [2.45, 2.75) is 0 Å². The van der Waals surface area contributed by atoms with Crippen molar-refractivity contribution in [3.63, 3.8) is 0 Å². The van der Waals surface area contributed by atoms with E-state index in [1.54, 1.807) is 12.1 Å². The second kappa shape index (κ2) is 4.27. The molecule has 0 unspecified atom stereocenters. The predicted molar refractivity (Wildman–Crippen MR) is 68.8 cm³/mol. The number of nitrogens with zero attached hydrogens (tertiary/aromatic N) is 2. The Labute approximate surface area is 112 Å². The highest BCUT2D eigenvalue weighted by Crippen LogP contribution is 2.37. The molecule has 0 amide bonds. The number of rotatable bonds is 1. The summed E-state index contributed by atoms with van der Waals surface area (Å²) in [6, 6.07) is 3.51. The Kier molecular flexibility index (Phi) is 3.14. The molecule has 0 aliphatic rings. The lowest BCUT2D eigenvalue weighted by atomic mass is 10.2. The van der Waals surface area contributed by atoms with Crippen molar-refractivity contribution < 1.29 is 4.92 Å². The monoisotopic (exact) mass is 364 g/mol. The molecule has 0 bridgehead atoms. The molecule has 0 fully saturated rings. The van der Waals surface area contributed by atoms with Gasteiger partial charge in [0.1, 0.15) is 11.2 Å². The van der Waals surface area contributed by atoms with Gasteiger partial charge in [-0.25, -0.2) is 4.98 Å². The summed E-state index contributed by atoms with van der Waals surface area (Å²) in [4.78, 5) is 14.1. The summed E-state index contributed by atoms with van der Waals surface area (Å²) in [5.41, 5.74) is 0.397. The van der Waals surface area contributed by atoms with Crippen LogP contribution in [0, 0.1) is 10.1 Å². The molecule has 1 aromatic heterocycles. The average molecular weight is 366 g/mol. The van der Waals surface area contributed by atoms with Gasteiger partial charge in [-0.1, -0.05) is 27.5 Å². The second-order valence-electron chi connectivity index (χ2n) is 3.00. The van der Waals surface area contributed by atoms with Crippen LogP contribution in [-0.2, 0) is 0 Å². The fraction of sp³-hybridized carbons (Fsp3) is 0. The van der Waals surface area contributed by atoms with Crippen LogP contribution in [0.5, 0.6) is 0 Å². The van der Waals surface area contributed by atoms with E-state index in [1.807, 2.05) is 0 Å². The molecule has 1 heterocycles. The van der Waals surface area contributed by atoms with E-state index in [1.165, 1.54) is 0 Å². The Balaban J connectivity index is 2.89. The smallest absolute Gasteiger partial charge is 0.258 e. The highest BCUT2D eigenvalue weighted by atomic mass is 79.9. The molecule has 0 radical (unpaired) electrons. The van der Waals surface area contributed by atoms with E-state index in [0.29, 0.717) is 15.4 Å². The van der Waals surface area contributed by atoms with Crippen LogP contribution in [0.15, 0.2) is 27.3 Å². The molecule has 2 rings (SSSR count). The maximum atomic E-state index is 10.7. The van der Waals surface area contributed by atoms with E-state index in [-0.39, 0.29) is 10.7 Å². The third-order valence-electron chi connectivity index (χ3n) is 2.00. The van der Waals surface area contributed by atoms with Gasteiger partial charge in [0.05, 0.1) is 10.4 Å². The zero-order chi connectivity index (χ0) is 11.9. The lowest BCUT2D eigenvalue weighted by Gasteiger charge is -2.04. The van der Waals surface area contributed by atoms with Crippen LogP contribution in [0.2, 0.25) is 5.02 Å². The van der Waals surface area contributed by atoms with Crippen LogP contribution in [0.3, 0.4) is 0 Å². The van der Waals surface area contributed by atoms with Crippen LogP contribution < -0.4 is 0 Å². The van der Waals surface area contributed by atoms with Gasteiger partial charge in [-0.2, -0.15) is 0 Å². The lowest BCUT2D eigenvalue weighted by molar-refractivity contribution is -0.384. The average Bonchev–Trinajstić information content (AvgIpc) is 2.15. The summed E-state index contributed by atoms with van der Waals surface area (Å²) in [6.07, 6.45) is 1.16.